The van der Waals surface area contributed by atoms with E-state index in [9.17, 15) is 0 Å². The number of aromatic nitrogens is 2. The van der Waals surface area contributed by atoms with Crippen molar-refractivity contribution in [3.8, 4) is 11.5 Å². The van der Waals surface area contributed by atoms with Gasteiger partial charge in [-0.05, 0) is 93.1 Å². The van der Waals surface area contributed by atoms with Crippen LogP contribution in [0, 0.1) is 20.8 Å². The fraction of sp³-hybridized carbons (Fsp3) is 0.267. The number of hydrogen-bond donors (Lipinski definition) is 1. The molecule has 0 unspecified atom stereocenters. The zero-order valence-electron chi connectivity index (χ0n) is 21.6. The Morgan fingerprint density at radius 3 is 2.30 bits per heavy atom. The van der Waals surface area contributed by atoms with E-state index in [1.807, 2.05) is 54.7 Å². The molecule has 37 heavy (non-hydrogen) atoms. The Bertz CT molecular complexity index is 1370. The number of benzene rings is 2. The summed E-state index contributed by atoms with van der Waals surface area (Å²) in [5.41, 5.74) is 6.78. The van der Waals surface area contributed by atoms with Crippen LogP contribution in [0.5, 0.6) is 11.5 Å². The van der Waals surface area contributed by atoms with Crippen LogP contribution in [0.3, 0.4) is 0 Å². The first-order valence-corrected chi connectivity index (χ1v) is 12.9. The van der Waals surface area contributed by atoms with Crippen LogP contribution >= 0.6 is 12.2 Å². The summed E-state index contributed by atoms with van der Waals surface area (Å²) in [6.07, 6.45) is 1.83. The molecule has 1 N–H and O–H groups in total. The number of methoxy groups -OCH3 is 1. The highest BCUT2D eigenvalue weighted by molar-refractivity contribution is 7.80. The van der Waals surface area contributed by atoms with Crippen LogP contribution in [-0.2, 0) is 11.3 Å². The molecule has 0 radical (unpaired) electrons. The van der Waals surface area contributed by atoms with E-state index in [4.69, 9.17) is 21.7 Å². The van der Waals surface area contributed by atoms with Gasteiger partial charge in [0, 0.05) is 36.9 Å². The number of pyridine rings is 1. The van der Waals surface area contributed by atoms with E-state index >= 15 is 0 Å². The van der Waals surface area contributed by atoms with Gasteiger partial charge in [0.1, 0.15) is 11.5 Å². The number of rotatable bonds is 8. The zero-order valence-corrected chi connectivity index (χ0v) is 22.5. The number of aryl methyl sites for hydroxylation is 2. The average molecular weight is 513 g/mol. The van der Waals surface area contributed by atoms with Crippen molar-refractivity contribution in [2.75, 3.05) is 18.6 Å². The van der Waals surface area contributed by atoms with E-state index in [0.29, 0.717) is 11.7 Å². The average Bonchev–Trinajstić information content (AvgIpc) is 3.40. The van der Waals surface area contributed by atoms with E-state index in [-0.39, 0.29) is 12.1 Å². The van der Waals surface area contributed by atoms with Gasteiger partial charge in [-0.25, -0.2) is 0 Å². The Labute approximate surface area is 223 Å². The highest BCUT2D eigenvalue weighted by Gasteiger charge is 2.42. The van der Waals surface area contributed by atoms with Crippen molar-refractivity contribution >= 4 is 23.0 Å². The van der Waals surface area contributed by atoms with Gasteiger partial charge in [-0.3, -0.25) is 4.98 Å². The maximum atomic E-state index is 6.06. The van der Waals surface area contributed by atoms with Gasteiger partial charge in [0.05, 0.1) is 24.4 Å². The van der Waals surface area contributed by atoms with Gasteiger partial charge in [0.25, 0.3) is 0 Å². The summed E-state index contributed by atoms with van der Waals surface area (Å²) in [5.74, 6) is 1.59. The monoisotopic (exact) mass is 512 g/mol. The van der Waals surface area contributed by atoms with Gasteiger partial charge >= 0.3 is 0 Å². The molecule has 2 atom stereocenters. The van der Waals surface area contributed by atoms with E-state index in [0.717, 1.165) is 29.4 Å². The minimum absolute atomic E-state index is 0.0613. The minimum atomic E-state index is -0.0893. The van der Waals surface area contributed by atoms with Crippen molar-refractivity contribution in [3.63, 3.8) is 0 Å². The first-order valence-electron chi connectivity index (χ1n) is 12.5. The fourth-order valence-corrected chi connectivity index (χ4v) is 5.37. The molecule has 0 bridgehead atoms. The molecule has 5 rings (SSSR count). The summed E-state index contributed by atoms with van der Waals surface area (Å²) in [5, 5.41) is 4.23. The van der Waals surface area contributed by atoms with E-state index in [1.54, 1.807) is 7.11 Å². The molecule has 1 aliphatic rings. The number of anilines is 1. The van der Waals surface area contributed by atoms with Crippen LogP contribution in [0.1, 0.15) is 40.3 Å². The van der Waals surface area contributed by atoms with Crippen LogP contribution in [0.15, 0.2) is 79.0 Å². The van der Waals surface area contributed by atoms with Gasteiger partial charge in [-0.15, -0.1) is 0 Å². The number of hydrogen-bond acceptors (Lipinski definition) is 4. The Morgan fingerprint density at radius 2 is 1.65 bits per heavy atom. The second-order valence-corrected chi connectivity index (χ2v) is 9.76. The van der Waals surface area contributed by atoms with Crippen LogP contribution in [0.4, 0.5) is 5.69 Å². The fourth-order valence-electron chi connectivity index (χ4n) is 5.02. The quantitative estimate of drug-likeness (QED) is 0.275. The predicted molar refractivity (Wildman–Crippen MR) is 151 cm³/mol. The third kappa shape index (κ3) is 5.10. The summed E-state index contributed by atoms with van der Waals surface area (Å²) < 4.78 is 13.7. The Kier molecular flexibility index (Phi) is 7.26. The number of nitrogens with zero attached hydrogens (tertiary/aromatic N) is 3. The maximum Gasteiger partial charge on any atom is 0.174 e. The van der Waals surface area contributed by atoms with Crippen LogP contribution in [0.2, 0.25) is 0 Å². The third-order valence-corrected chi connectivity index (χ3v) is 7.23. The molecule has 0 aliphatic carbocycles. The minimum Gasteiger partial charge on any atom is -0.457 e. The summed E-state index contributed by atoms with van der Waals surface area (Å²) in [4.78, 5) is 6.88. The lowest BCUT2D eigenvalue weighted by atomic mass is 9.96. The normalized spacial score (nSPS) is 17.2. The van der Waals surface area contributed by atoms with Crippen molar-refractivity contribution in [2.45, 2.75) is 39.4 Å². The molecular formula is C30H32N4O2S. The molecule has 0 amide bonds. The third-order valence-electron chi connectivity index (χ3n) is 6.92. The zero-order chi connectivity index (χ0) is 25.9. The first-order chi connectivity index (χ1) is 18.0. The van der Waals surface area contributed by atoms with E-state index in [1.165, 1.54) is 22.5 Å². The lowest BCUT2D eigenvalue weighted by molar-refractivity contribution is 0.186. The van der Waals surface area contributed by atoms with Crippen molar-refractivity contribution < 1.29 is 9.47 Å². The van der Waals surface area contributed by atoms with Crippen LogP contribution in [-0.4, -0.2) is 28.4 Å². The summed E-state index contributed by atoms with van der Waals surface area (Å²) >= 11 is 5.91. The van der Waals surface area contributed by atoms with Gasteiger partial charge in [-0.2, -0.15) is 0 Å². The summed E-state index contributed by atoms with van der Waals surface area (Å²) in [6.45, 7) is 7.84. The Morgan fingerprint density at radius 1 is 0.946 bits per heavy atom. The topological polar surface area (TPSA) is 51.5 Å². The largest absolute Gasteiger partial charge is 0.457 e. The molecule has 1 aliphatic heterocycles. The lowest BCUT2D eigenvalue weighted by Crippen LogP contribution is -2.29. The molecule has 1 saturated heterocycles. The molecule has 190 valence electrons. The number of nitrogens with one attached hydrogen (secondary N) is 1. The van der Waals surface area contributed by atoms with Gasteiger partial charge in [0.2, 0.25) is 0 Å². The van der Waals surface area contributed by atoms with Crippen molar-refractivity contribution in [1.82, 2.24) is 14.9 Å². The van der Waals surface area contributed by atoms with Crippen LogP contribution < -0.4 is 15.0 Å². The molecule has 6 nitrogen and oxygen atoms in total. The SMILES string of the molecule is COCCn1c(C)cc([C@H]2[C@H](c3ccccn3)NC(=S)N2c2ccc(Oc3ccc(C)cc3)cc2)c1C. The molecule has 1 fully saturated rings. The molecule has 4 aromatic rings. The lowest BCUT2D eigenvalue weighted by Gasteiger charge is -2.28. The molecule has 3 heterocycles. The predicted octanol–water partition coefficient (Wildman–Crippen LogP) is 6.42. The van der Waals surface area contributed by atoms with E-state index < -0.39 is 0 Å². The maximum absolute atomic E-state index is 6.06. The van der Waals surface area contributed by atoms with Crippen molar-refractivity contribution in [2.24, 2.45) is 0 Å². The Hall–Kier alpha value is -3.68. The number of thiocarbonyl (C=S) groups is 1. The molecule has 2 aromatic carbocycles. The summed E-state index contributed by atoms with van der Waals surface area (Å²) in [7, 11) is 1.74. The first kappa shape index (κ1) is 25.0. The number of ether oxygens (including phenoxy) is 2. The molecule has 7 heteroatoms. The van der Waals surface area contributed by atoms with Gasteiger partial charge in [0.15, 0.2) is 5.11 Å². The van der Waals surface area contributed by atoms with Crippen molar-refractivity contribution in [3.05, 3.63) is 107 Å². The molecule has 0 spiro atoms. The highest BCUT2D eigenvalue weighted by Crippen LogP contribution is 2.43. The second-order valence-electron chi connectivity index (χ2n) is 9.38. The molecular weight excluding hydrogens is 480 g/mol. The van der Waals surface area contributed by atoms with Gasteiger partial charge < -0.3 is 24.3 Å². The second kappa shape index (κ2) is 10.7. The van der Waals surface area contributed by atoms with Crippen molar-refractivity contribution in [1.29, 1.82) is 0 Å². The molecule has 0 saturated carbocycles. The molecule has 2 aromatic heterocycles. The van der Waals surface area contributed by atoms with E-state index in [2.05, 4.69) is 64.8 Å². The summed E-state index contributed by atoms with van der Waals surface area (Å²) in [6, 6.07) is 24.3. The highest BCUT2D eigenvalue weighted by atomic mass is 32.1. The van der Waals surface area contributed by atoms with Crippen LogP contribution in [0.25, 0.3) is 0 Å². The smallest absolute Gasteiger partial charge is 0.174 e. The van der Waals surface area contributed by atoms with Gasteiger partial charge in [-0.1, -0.05) is 23.8 Å². The Balaban J connectivity index is 1.51. The standard InChI is InChI=1S/C30H32N4O2S/c1-20-8-12-24(13-9-20)36-25-14-10-23(11-15-25)34-29(26-19-21(2)33(22(26)3)17-18-35-4)28(32-30(34)37)27-7-5-6-16-31-27/h5-16,19,28-29H,17-18H2,1-4H3,(H,32,37)/t28-,29-/m0/s1.